The van der Waals surface area contributed by atoms with Gasteiger partial charge in [0.15, 0.2) is 0 Å². The lowest BCUT2D eigenvalue weighted by Gasteiger charge is -2.43. The second kappa shape index (κ2) is 5.01. The molecule has 0 spiro atoms. The third-order valence-electron chi connectivity index (χ3n) is 4.32. The number of aryl methyl sites for hydroxylation is 3. The molecule has 4 heteroatoms. The van der Waals surface area contributed by atoms with Gasteiger partial charge in [0.2, 0.25) is 0 Å². The second-order valence-electron chi connectivity index (χ2n) is 5.90. The van der Waals surface area contributed by atoms with E-state index in [2.05, 4.69) is 57.5 Å². The van der Waals surface area contributed by atoms with E-state index in [0.29, 0.717) is 0 Å². The van der Waals surface area contributed by atoms with Crippen molar-refractivity contribution in [2.75, 3.05) is 13.1 Å². The summed E-state index contributed by atoms with van der Waals surface area (Å²) >= 11 is 3.69. The lowest BCUT2D eigenvalue weighted by Crippen LogP contribution is -2.58. The summed E-state index contributed by atoms with van der Waals surface area (Å²) in [6, 6.07) is 8.89. The van der Waals surface area contributed by atoms with Crippen molar-refractivity contribution >= 4 is 15.9 Å². The summed E-state index contributed by atoms with van der Waals surface area (Å²) in [6.07, 6.45) is 1.02. The first kappa shape index (κ1) is 13.8. The highest BCUT2D eigenvalue weighted by molar-refractivity contribution is 9.10. The molecule has 1 fully saturated rings. The van der Waals surface area contributed by atoms with E-state index >= 15 is 0 Å². The molecule has 1 aliphatic rings. The van der Waals surface area contributed by atoms with Gasteiger partial charge in [-0.2, -0.15) is 5.10 Å². The van der Waals surface area contributed by atoms with Gasteiger partial charge in [0.25, 0.3) is 0 Å². The van der Waals surface area contributed by atoms with Crippen LogP contribution < -0.4 is 5.32 Å². The number of rotatable bonds is 3. The lowest BCUT2D eigenvalue weighted by molar-refractivity contribution is 0.269. The maximum Gasteiger partial charge on any atom is 0.0738 e. The van der Waals surface area contributed by atoms with Crippen LogP contribution in [0.4, 0.5) is 0 Å². The van der Waals surface area contributed by atoms with E-state index in [1.54, 1.807) is 0 Å². The van der Waals surface area contributed by atoms with Gasteiger partial charge in [0, 0.05) is 32.0 Å². The van der Waals surface area contributed by atoms with Crippen LogP contribution in [0.5, 0.6) is 0 Å². The van der Waals surface area contributed by atoms with E-state index in [0.717, 1.165) is 29.7 Å². The minimum atomic E-state index is 0.203. The second-order valence-corrected chi connectivity index (χ2v) is 6.69. The number of nitrogens with zero attached hydrogens (tertiary/aromatic N) is 2. The maximum absolute atomic E-state index is 4.51. The highest BCUT2D eigenvalue weighted by Crippen LogP contribution is 2.35. The van der Waals surface area contributed by atoms with E-state index in [-0.39, 0.29) is 5.41 Å². The Morgan fingerprint density at radius 3 is 2.60 bits per heavy atom. The molecule has 0 bridgehead atoms. The Bertz CT molecular complexity index is 641. The van der Waals surface area contributed by atoms with Gasteiger partial charge in [-0.3, -0.25) is 4.68 Å². The zero-order valence-corrected chi connectivity index (χ0v) is 13.8. The SMILES string of the molecule is Cc1cccc(C2(Cc3c(Br)c(C)nn3C)CNC2)c1. The van der Waals surface area contributed by atoms with Crippen molar-refractivity contribution in [2.24, 2.45) is 7.05 Å². The quantitative estimate of drug-likeness (QED) is 0.935. The molecule has 1 N–H and O–H groups in total. The van der Waals surface area contributed by atoms with Gasteiger partial charge < -0.3 is 5.32 Å². The van der Waals surface area contributed by atoms with Crippen molar-refractivity contribution in [1.29, 1.82) is 0 Å². The van der Waals surface area contributed by atoms with E-state index in [1.807, 2.05) is 18.7 Å². The van der Waals surface area contributed by atoms with Crippen LogP contribution in [0.15, 0.2) is 28.7 Å². The summed E-state index contributed by atoms with van der Waals surface area (Å²) in [5.41, 5.74) is 5.31. The Morgan fingerprint density at radius 1 is 1.35 bits per heavy atom. The molecule has 0 aliphatic carbocycles. The molecular weight excluding hydrogens is 314 g/mol. The largest absolute Gasteiger partial charge is 0.315 e. The van der Waals surface area contributed by atoms with Crippen molar-refractivity contribution in [3.8, 4) is 0 Å². The summed E-state index contributed by atoms with van der Waals surface area (Å²) in [5, 5.41) is 7.95. The average molecular weight is 334 g/mol. The Kier molecular flexibility index (Phi) is 3.46. The van der Waals surface area contributed by atoms with E-state index in [4.69, 9.17) is 0 Å². The highest BCUT2D eigenvalue weighted by atomic mass is 79.9. The molecule has 0 atom stereocenters. The lowest BCUT2D eigenvalue weighted by atomic mass is 9.71. The summed E-state index contributed by atoms with van der Waals surface area (Å²) in [6.45, 7) is 6.28. The van der Waals surface area contributed by atoms with E-state index in [9.17, 15) is 0 Å². The van der Waals surface area contributed by atoms with Crippen molar-refractivity contribution in [3.63, 3.8) is 0 Å². The maximum atomic E-state index is 4.51. The van der Waals surface area contributed by atoms with Gasteiger partial charge in [-0.05, 0) is 35.3 Å². The summed E-state index contributed by atoms with van der Waals surface area (Å²) in [7, 11) is 2.03. The van der Waals surface area contributed by atoms with Crippen LogP contribution in [0.2, 0.25) is 0 Å². The predicted octanol–water partition coefficient (Wildman–Crippen LogP) is 2.88. The molecule has 20 heavy (non-hydrogen) atoms. The molecule has 3 nitrogen and oxygen atoms in total. The molecule has 1 aromatic heterocycles. The number of hydrogen-bond acceptors (Lipinski definition) is 2. The standard InChI is InChI=1S/C16H20BrN3/c1-11-5-4-6-13(7-11)16(9-18-10-16)8-14-15(17)12(2)19-20(14)3/h4-7,18H,8-10H2,1-3H3. The third-order valence-corrected chi connectivity index (χ3v) is 5.36. The number of halogens is 1. The smallest absolute Gasteiger partial charge is 0.0738 e. The Labute approximate surface area is 128 Å². The van der Waals surface area contributed by atoms with Crippen molar-refractivity contribution < 1.29 is 0 Å². The zero-order chi connectivity index (χ0) is 14.3. The average Bonchev–Trinajstić information content (AvgIpc) is 2.59. The van der Waals surface area contributed by atoms with Crippen LogP contribution in [0.1, 0.15) is 22.5 Å². The molecule has 106 valence electrons. The molecule has 1 saturated heterocycles. The summed E-state index contributed by atoms with van der Waals surface area (Å²) < 4.78 is 3.16. The molecule has 0 saturated carbocycles. The molecule has 1 aliphatic heterocycles. The fourth-order valence-electron chi connectivity index (χ4n) is 3.03. The Balaban J connectivity index is 1.98. The number of nitrogens with one attached hydrogen (secondary N) is 1. The summed E-state index contributed by atoms with van der Waals surface area (Å²) in [4.78, 5) is 0. The number of benzene rings is 1. The molecular formula is C16H20BrN3. The van der Waals surface area contributed by atoms with Gasteiger partial charge in [-0.25, -0.2) is 0 Å². The van der Waals surface area contributed by atoms with Gasteiger partial charge in [0.05, 0.1) is 15.9 Å². The Morgan fingerprint density at radius 2 is 2.10 bits per heavy atom. The minimum Gasteiger partial charge on any atom is -0.315 e. The molecule has 0 unspecified atom stereocenters. The van der Waals surface area contributed by atoms with Gasteiger partial charge in [-0.15, -0.1) is 0 Å². The van der Waals surface area contributed by atoms with Crippen LogP contribution in [0, 0.1) is 13.8 Å². The Hall–Kier alpha value is -1.13. The summed E-state index contributed by atoms with van der Waals surface area (Å²) in [5.74, 6) is 0. The monoisotopic (exact) mass is 333 g/mol. The van der Waals surface area contributed by atoms with Crippen molar-refractivity contribution in [3.05, 3.63) is 51.3 Å². The molecule has 0 radical (unpaired) electrons. The van der Waals surface area contributed by atoms with E-state index in [1.165, 1.54) is 16.8 Å². The molecule has 1 aromatic carbocycles. The molecule has 2 aromatic rings. The van der Waals surface area contributed by atoms with Gasteiger partial charge in [-0.1, -0.05) is 29.8 Å². The van der Waals surface area contributed by atoms with Crippen LogP contribution in [0.3, 0.4) is 0 Å². The zero-order valence-electron chi connectivity index (χ0n) is 12.2. The van der Waals surface area contributed by atoms with Crippen LogP contribution in [0.25, 0.3) is 0 Å². The normalized spacial score (nSPS) is 17.0. The molecule has 3 rings (SSSR count). The predicted molar refractivity (Wildman–Crippen MR) is 85.1 cm³/mol. The van der Waals surface area contributed by atoms with Crippen LogP contribution >= 0.6 is 15.9 Å². The molecule has 2 heterocycles. The first-order valence-corrected chi connectivity index (χ1v) is 7.77. The van der Waals surface area contributed by atoms with E-state index < -0.39 is 0 Å². The number of aromatic nitrogens is 2. The van der Waals surface area contributed by atoms with Crippen LogP contribution in [-0.2, 0) is 18.9 Å². The van der Waals surface area contributed by atoms with Gasteiger partial charge in [0.1, 0.15) is 0 Å². The highest BCUT2D eigenvalue weighted by Gasteiger charge is 2.40. The van der Waals surface area contributed by atoms with Crippen molar-refractivity contribution in [1.82, 2.24) is 15.1 Å². The fraction of sp³-hybridized carbons (Fsp3) is 0.438. The molecule has 0 amide bonds. The fourth-order valence-corrected chi connectivity index (χ4v) is 3.50. The first-order chi connectivity index (χ1) is 9.52. The first-order valence-electron chi connectivity index (χ1n) is 6.98. The topological polar surface area (TPSA) is 29.9 Å². The van der Waals surface area contributed by atoms with Crippen molar-refractivity contribution in [2.45, 2.75) is 25.7 Å². The third kappa shape index (κ3) is 2.21. The van der Waals surface area contributed by atoms with Crippen LogP contribution in [-0.4, -0.2) is 22.9 Å². The van der Waals surface area contributed by atoms with Gasteiger partial charge >= 0.3 is 0 Å². The number of hydrogen-bond donors (Lipinski definition) is 1. The minimum absolute atomic E-state index is 0.203.